The lowest BCUT2D eigenvalue weighted by atomic mass is 10.2. The summed E-state index contributed by atoms with van der Waals surface area (Å²) < 4.78 is 29.5. The minimum absolute atomic E-state index is 0.366. The number of sulfonamides is 1. The number of hydrogen-bond acceptors (Lipinski definition) is 4. The number of halogens is 2. The molecule has 1 N–H and O–H groups in total. The number of aromatic nitrogens is 1. The third-order valence-corrected chi connectivity index (χ3v) is 7.14. The average molecular weight is 629 g/mol. The van der Waals surface area contributed by atoms with Crippen molar-refractivity contribution in [2.24, 2.45) is 5.10 Å². The van der Waals surface area contributed by atoms with Crippen LogP contribution < -0.4 is 9.73 Å². The van der Waals surface area contributed by atoms with Crippen molar-refractivity contribution < 1.29 is 13.2 Å². The molecule has 0 saturated heterocycles. The summed E-state index contributed by atoms with van der Waals surface area (Å²) in [4.78, 5) is 12.4. The number of benzene rings is 2. The topological polar surface area (TPSA) is 83.8 Å². The molecule has 0 aliphatic carbocycles. The van der Waals surface area contributed by atoms with Crippen molar-refractivity contribution in [2.75, 3.05) is 17.1 Å². The Bertz CT molecular complexity index is 1250. The van der Waals surface area contributed by atoms with Gasteiger partial charge in [0, 0.05) is 30.7 Å². The fraction of sp³-hybridized carbons (Fsp3) is 0.182. The van der Waals surface area contributed by atoms with Crippen molar-refractivity contribution in [2.45, 2.75) is 13.8 Å². The van der Waals surface area contributed by atoms with Gasteiger partial charge in [-0.1, -0.05) is 15.9 Å². The van der Waals surface area contributed by atoms with Crippen molar-refractivity contribution in [3.05, 3.63) is 79.6 Å². The van der Waals surface area contributed by atoms with Gasteiger partial charge < -0.3 is 4.57 Å². The Balaban J connectivity index is 1.73. The summed E-state index contributed by atoms with van der Waals surface area (Å²) in [5.74, 6) is -0.535. The lowest BCUT2D eigenvalue weighted by Gasteiger charge is -2.21. The van der Waals surface area contributed by atoms with Crippen molar-refractivity contribution in [1.29, 1.82) is 0 Å². The molecule has 0 spiro atoms. The van der Waals surface area contributed by atoms with E-state index >= 15 is 0 Å². The van der Waals surface area contributed by atoms with Gasteiger partial charge in [0.2, 0.25) is 10.0 Å². The minimum Gasteiger partial charge on any atom is -0.318 e. The van der Waals surface area contributed by atoms with Gasteiger partial charge in [-0.05, 0) is 91.0 Å². The second kappa shape index (κ2) is 10.2. The quantitative estimate of drug-likeness (QED) is 0.240. The second-order valence-electron chi connectivity index (χ2n) is 7.18. The maximum Gasteiger partial charge on any atom is 0.260 e. The van der Waals surface area contributed by atoms with Crippen LogP contribution in [0.4, 0.5) is 5.69 Å². The maximum atomic E-state index is 12.4. The number of hydrazone groups is 1. The van der Waals surface area contributed by atoms with E-state index < -0.39 is 15.9 Å². The highest BCUT2D eigenvalue weighted by Crippen LogP contribution is 2.22. The number of anilines is 1. The number of nitrogens with zero attached hydrogens (tertiary/aromatic N) is 3. The molecule has 3 aromatic rings. The summed E-state index contributed by atoms with van der Waals surface area (Å²) >= 11 is 5.57. The van der Waals surface area contributed by atoms with Crippen LogP contribution in [0, 0.1) is 17.4 Å². The molecule has 1 amide bonds. The van der Waals surface area contributed by atoms with Gasteiger partial charge in [-0.15, -0.1) is 0 Å². The first-order chi connectivity index (χ1) is 15.1. The molecular weight excluding hydrogens is 607 g/mol. The minimum atomic E-state index is -3.63. The molecule has 1 heterocycles. The SMILES string of the molecule is Cc1cc(/C=N\NC(=O)CN(c2ccc(I)cc2)S(C)(=O)=O)c(C)n1-c1ccc(Br)cc1. The molecule has 0 saturated carbocycles. The highest BCUT2D eigenvalue weighted by atomic mass is 127. The molecule has 1 aromatic heterocycles. The molecule has 0 fully saturated rings. The number of rotatable bonds is 7. The standard InChI is InChI=1S/C22H22BrIN4O3S/c1-15-12-17(16(2)28(15)21-8-4-18(23)5-9-21)13-25-26-22(29)14-27(32(3,30)31)20-10-6-19(24)7-11-20/h4-13H,14H2,1-3H3,(H,26,29)/b25-13-. The van der Waals surface area contributed by atoms with Gasteiger partial charge in [0.05, 0.1) is 18.2 Å². The lowest BCUT2D eigenvalue weighted by Crippen LogP contribution is -2.39. The number of carbonyl (C=O) groups is 1. The fourth-order valence-electron chi connectivity index (χ4n) is 3.25. The molecule has 3 rings (SSSR count). The molecule has 7 nitrogen and oxygen atoms in total. The number of carbonyl (C=O) groups excluding carboxylic acids is 1. The summed E-state index contributed by atoms with van der Waals surface area (Å²) in [6.07, 6.45) is 2.63. The van der Waals surface area contributed by atoms with Crippen LogP contribution in [0.25, 0.3) is 5.69 Å². The Labute approximate surface area is 209 Å². The Kier molecular flexibility index (Phi) is 7.78. The Morgan fingerprint density at radius 1 is 1.16 bits per heavy atom. The molecule has 168 valence electrons. The zero-order chi connectivity index (χ0) is 23.5. The van der Waals surface area contributed by atoms with Crippen molar-refractivity contribution >= 4 is 66.4 Å². The third-order valence-electron chi connectivity index (χ3n) is 4.75. The van der Waals surface area contributed by atoms with Crippen LogP contribution in [0.5, 0.6) is 0 Å². The van der Waals surface area contributed by atoms with Crippen molar-refractivity contribution in [1.82, 2.24) is 9.99 Å². The molecule has 0 atom stereocenters. The van der Waals surface area contributed by atoms with Crippen LogP contribution in [-0.4, -0.2) is 37.9 Å². The van der Waals surface area contributed by atoms with Gasteiger partial charge in [0.1, 0.15) is 6.54 Å². The van der Waals surface area contributed by atoms with Crippen LogP contribution in [0.2, 0.25) is 0 Å². The highest BCUT2D eigenvalue weighted by molar-refractivity contribution is 14.1. The zero-order valence-electron chi connectivity index (χ0n) is 17.7. The molecule has 0 aliphatic heterocycles. The van der Waals surface area contributed by atoms with Gasteiger partial charge >= 0.3 is 0 Å². The summed E-state index contributed by atoms with van der Waals surface area (Å²) in [6, 6.07) is 16.8. The maximum absolute atomic E-state index is 12.4. The number of nitrogens with one attached hydrogen (secondary N) is 1. The van der Waals surface area contributed by atoms with E-state index in [0.29, 0.717) is 5.69 Å². The van der Waals surface area contributed by atoms with Gasteiger partial charge in [-0.3, -0.25) is 9.10 Å². The molecule has 0 unspecified atom stereocenters. The lowest BCUT2D eigenvalue weighted by molar-refractivity contribution is -0.119. The van der Waals surface area contributed by atoms with E-state index in [1.807, 2.05) is 44.2 Å². The molecule has 32 heavy (non-hydrogen) atoms. The van der Waals surface area contributed by atoms with Crippen LogP contribution >= 0.6 is 38.5 Å². The monoisotopic (exact) mass is 628 g/mol. The zero-order valence-corrected chi connectivity index (χ0v) is 22.3. The first-order valence-electron chi connectivity index (χ1n) is 9.56. The van der Waals surface area contributed by atoms with E-state index in [1.54, 1.807) is 30.5 Å². The van der Waals surface area contributed by atoms with E-state index in [1.165, 1.54) is 0 Å². The van der Waals surface area contributed by atoms with Crippen LogP contribution in [0.1, 0.15) is 17.0 Å². The van der Waals surface area contributed by atoms with E-state index in [9.17, 15) is 13.2 Å². The molecule has 0 radical (unpaired) electrons. The number of hydrogen-bond donors (Lipinski definition) is 1. The van der Waals surface area contributed by atoms with E-state index in [0.717, 1.165) is 41.2 Å². The first kappa shape index (κ1) is 24.5. The predicted molar refractivity (Wildman–Crippen MR) is 140 cm³/mol. The summed E-state index contributed by atoms with van der Waals surface area (Å²) in [7, 11) is -3.63. The fourth-order valence-corrected chi connectivity index (χ4v) is 4.73. The van der Waals surface area contributed by atoms with Gasteiger partial charge in [0.25, 0.3) is 5.91 Å². The molecule has 10 heteroatoms. The number of amides is 1. The summed E-state index contributed by atoms with van der Waals surface area (Å²) in [5.41, 5.74) is 6.72. The largest absolute Gasteiger partial charge is 0.318 e. The van der Waals surface area contributed by atoms with Crippen LogP contribution in [0.15, 0.2) is 64.2 Å². The molecular formula is C22H22BrIN4O3S. The Morgan fingerprint density at radius 3 is 2.38 bits per heavy atom. The third kappa shape index (κ3) is 5.99. The molecule has 0 bridgehead atoms. The van der Waals surface area contributed by atoms with Crippen LogP contribution in [-0.2, 0) is 14.8 Å². The smallest absolute Gasteiger partial charge is 0.260 e. The van der Waals surface area contributed by atoms with Crippen molar-refractivity contribution in [3.63, 3.8) is 0 Å². The first-order valence-corrected chi connectivity index (χ1v) is 13.3. The number of aryl methyl sites for hydroxylation is 1. The van der Waals surface area contributed by atoms with Gasteiger partial charge in [-0.25, -0.2) is 13.8 Å². The van der Waals surface area contributed by atoms with E-state index in [2.05, 4.69) is 53.6 Å². The Hall–Kier alpha value is -2.18. The molecule has 2 aromatic carbocycles. The normalized spacial score (nSPS) is 11.7. The van der Waals surface area contributed by atoms with Gasteiger partial charge in [-0.2, -0.15) is 5.10 Å². The van der Waals surface area contributed by atoms with Gasteiger partial charge in [0.15, 0.2) is 0 Å². The van der Waals surface area contributed by atoms with Crippen molar-refractivity contribution in [3.8, 4) is 5.69 Å². The summed E-state index contributed by atoms with van der Waals surface area (Å²) in [6.45, 7) is 3.60. The second-order valence-corrected chi connectivity index (χ2v) is 11.2. The van der Waals surface area contributed by atoms with E-state index in [-0.39, 0.29) is 6.54 Å². The highest BCUT2D eigenvalue weighted by Gasteiger charge is 2.20. The predicted octanol–water partition coefficient (Wildman–Crippen LogP) is 4.38. The molecule has 0 aliphatic rings. The summed E-state index contributed by atoms with van der Waals surface area (Å²) in [5, 5.41) is 4.04. The van der Waals surface area contributed by atoms with Crippen LogP contribution in [0.3, 0.4) is 0 Å². The average Bonchev–Trinajstić information content (AvgIpc) is 3.00. The van der Waals surface area contributed by atoms with E-state index in [4.69, 9.17) is 0 Å². The Morgan fingerprint density at radius 2 is 1.78 bits per heavy atom.